The van der Waals surface area contributed by atoms with Crippen molar-refractivity contribution in [2.75, 3.05) is 18.4 Å². The van der Waals surface area contributed by atoms with Gasteiger partial charge in [-0.3, -0.25) is 4.90 Å². The minimum Gasteiger partial charge on any atom is -0.370 e. The summed E-state index contributed by atoms with van der Waals surface area (Å²) >= 11 is 0. The van der Waals surface area contributed by atoms with E-state index >= 15 is 0 Å². The molecule has 0 spiro atoms. The predicted molar refractivity (Wildman–Crippen MR) is 123 cm³/mol. The van der Waals surface area contributed by atoms with Gasteiger partial charge in [0.15, 0.2) is 0 Å². The quantitative estimate of drug-likeness (QED) is 0.498. The average Bonchev–Trinajstić information content (AvgIpc) is 3.00. The number of likely N-dealkylation sites (tertiary alicyclic amines) is 1. The lowest BCUT2D eigenvalue weighted by molar-refractivity contribution is -0.137. The van der Waals surface area contributed by atoms with Gasteiger partial charge in [-0.15, -0.1) is 0 Å². The Labute approximate surface area is 192 Å². The number of fused-ring (bicyclic) bond motifs is 1. The molecule has 33 heavy (non-hydrogen) atoms. The minimum atomic E-state index is -4.44. The zero-order valence-electron chi connectivity index (χ0n) is 18.6. The fourth-order valence-corrected chi connectivity index (χ4v) is 5.18. The van der Waals surface area contributed by atoms with Crippen molar-refractivity contribution in [3.8, 4) is 5.69 Å². The van der Waals surface area contributed by atoms with E-state index < -0.39 is 11.7 Å². The molecular weight excluding hydrogens is 425 g/mol. The lowest BCUT2D eigenvalue weighted by Gasteiger charge is -2.35. The third-order valence-electron chi connectivity index (χ3n) is 6.76. The van der Waals surface area contributed by atoms with E-state index in [2.05, 4.69) is 22.3 Å². The average molecular weight is 455 g/mol. The van der Waals surface area contributed by atoms with Gasteiger partial charge in [-0.25, -0.2) is 4.68 Å². The molecule has 3 heterocycles. The molecule has 4 nitrogen and oxygen atoms in total. The molecule has 2 aliphatic heterocycles. The first-order valence-electron chi connectivity index (χ1n) is 11.8. The molecule has 0 amide bonds. The van der Waals surface area contributed by atoms with Crippen molar-refractivity contribution in [3.63, 3.8) is 0 Å². The largest absolute Gasteiger partial charge is 0.418 e. The van der Waals surface area contributed by atoms with Crippen LogP contribution in [-0.2, 0) is 19.1 Å². The number of hydrogen-bond donors (Lipinski definition) is 1. The molecule has 5 rings (SSSR count). The van der Waals surface area contributed by atoms with Crippen LogP contribution in [0.1, 0.15) is 60.5 Å². The Morgan fingerprint density at radius 1 is 0.939 bits per heavy atom. The number of anilines is 1. The van der Waals surface area contributed by atoms with Crippen LogP contribution in [0.3, 0.4) is 0 Å². The lowest BCUT2D eigenvalue weighted by Crippen LogP contribution is -2.33. The molecule has 3 aromatic rings. The second-order valence-corrected chi connectivity index (χ2v) is 8.99. The summed E-state index contributed by atoms with van der Waals surface area (Å²) < 4.78 is 43.0. The molecule has 2 aliphatic rings. The maximum atomic E-state index is 13.8. The van der Waals surface area contributed by atoms with Crippen molar-refractivity contribution >= 4 is 5.82 Å². The Bertz CT molecular complexity index is 1090. The van der Waals surface area contributed by atoms with Crippen molar-refractivity contribution in [2.24, 2.45) is 0 Å². The zero-order chi connectivity index (χ0) is 22.8. The topological polar surface area (TPSA) is 33.1 Å². The molecule has 0 bridgehead atoms. The van der Waals surface area contributed by atoms with Crippen LogP contribution in [0, 0.1) is 0 Å². The van der Waals surface area contributed by atoms with Crippen molar-refractivity contribution in [2.45, 2.75) is 57.3 Å². The molecule has 2 aromatic carbocycles. The molecule has 1 atom stereocenters. The van der Waals surface area contributed by atoms with E-state index in [1.165, 1.54) is 22.4 Å². The summed E-state index contributed by atoms with van der Waals surface area (Å²) in [5, 5.41) is 8.32. The van der Waals surface area contributed by atoms with Crippen LogP contribution >= 0.6 is 0 Å². The van der Waals surface area contributed by atoms with E-state index in [0.29, 0.717) is 0 Å². The van der Waals surface area contributed by atoms with Crippen LogP contribution in [0.25, 0.3) is 5.69 Å². The predicted octanol–water partition coefficient (Wildman–Crippen LogP) is 6.37. The van der Waals surface area contributed by atoms with E-state index in [-0.39, 0.29) is 11.7 Å². The van der Waals surface area contributed by atoms with Crippen LogP contribution in [0.15, 0.2) is 54.6 Å². The van der Waals surface area contributed by atoms with E-state index in [1.54, 1.807) is 6.07 Å². The van der Waals surface area contributed by atoms with Crippen LogP contribution < -0.4 is 5.32 Å². The number of nitrogens with zero attached hydrogens (tertiary/aromatic N) is 3. The Morgan fingerprint density at radius 2 is 1.73 bits per heavy atom. The van der Waals surface area contributed by atoms with E-state index in [4.69, 9.17) is 5.10 Å². The van der Waals surface area contributed by atoms with E-state index in [0.717, 1.165) is 81.3 Å². The van der Waals surface area contributed by atoms with Crippen LogP contribution in [0.5, 0.6) is 0 Å². The number of halogens is 3. The van der Waals surface area contributed by atoms with Gasteiger partial charge in [0.1, 0.15) is 5.82 Å². The number of alkyl halides is 3. The fourth-order valence-electron chi connectivity index (χ4n) is 5.18. The Hall–Kier alpha value is -2.80. The second-order valence-electron chi connectivity index (χ2n) is 8.99. The second kappa shape index (κ2) is 9.21. The molecular formula is C26H29F3N4. The molecule has 0 radical (unpaired) electrons. The zero-order valence-corrected chi connectivity index (χ0v) is 18.6. The maximum Gasteiger partial charge on any atom is 0.418 e. The SMILES string of the molecule is FC(F)(F)c1ccccc1-n1nc(C2CCCCN2Cc2ccccc2)c2c1NCCCC2. The summed E-state index contributed by atoms with van der Waals surface area (Å²) in [6, 6.07) is 16.2. The summed E-state index contributed by atoms with van der Waals surface area (Å²) in [5.41, 5.74) is 2.70. The summed E-state index contributed by atoms with van der Waals surface area (Å²) in [5.74, 6) is 0.726. The Kier molecular flexibility index (Phi) is 6.15. The molecule has 0 aliphatic carbocycles. The number of hydrogen-bond acceptors (Lipinski definition) is 3. The molecule has 174 valence electrons. The van der Waals surface area contributed by atoms with Crippen molar-refractivity contribution in [1.29, 1.82) is 0 Å². The first-order chi connectivity index (χ1) is 16.0. The summed E-state index contributed by atoms with van der Waals surface area (Å²) in [6.45, 7) is 2.53. The number of piperidine rings is 1. The minimum absolute atomic E-state index is 0.0901. The molecule has 0 saturated carbocycles. The number of rotatable bonds is 4. The van der Waals surface area contributed by atoms with Gasteiger partial charge in [-0.2, -0.15) is 18.3 Å². The summed E-state index contributed by atoms with van der Waals surface area (Å²) in [6.07, 6.45) is 1.59. The number of nitrogens with one attached hydrogen (secondary N) is 1. The smallest absolute Gasteiger partial charge is 0.370 e. The van der Waals surface area contributed by atoms with Gasteiger partial charge < -0.3 is 5.32 Å². The van der Waals surface area contributed by atoms with Gasteiger partial charge in [0.2, 0.25) is 0 Å². The first kappa shape index (κ1) is 22.0. The highest BCUT2D eigenvalue weighted by Crippen LogP contribution is 2.40. The van der Waals surface area contributed by atoms with Crippen LogP contribution in [-0.4, -0.2) is 27.8 Å². The molecule has 1 saturated heterocycles. The lowest BCUT2D eigenvalue weighted by atomic mass is 9.94. The van der Waals surface area contributed by atoms with Gasteiger partial charge in [0.25, 0.3) is 0 Å². The molecule has 7 heteroatoms. The first-order valence-corrected chi connectivity index (χ1v) is 11.8. The summed E-state index contributed by atoms with van der Waals surface area (Å²) in [4.78, 5) is 2.45. The third-order valence-corrected chi connectivity index (χ3v) is 6.76. The maximum absolute atomic E-state index is 13.8. The number of benzene rings is 2. The third kappa shape index (κ3) is 4.51. The number of para-hydroxylation sites is 1. The van der Waals surface area contributed by atoms with Crippen molar-refractivity contribution in [3.05, 3.63) is 77.0 Å². The highest BCUT2D eigenvalue weighted by molar-refractivity contribution is 5.57. The van der Waals surface area contributed by atoms with E-state index in [1.807, 2.05) is 18.2 Å². The highest BCUT2D eigenvalue weighted by Gasteiger charge is 2.36. The van der Waals surface area contributed by atoms with Gasteiger partial charge in [0.05, 0.1) is 23.0 Å². The molecule has 1 unspecified atom stereocenters. The molecule has 1 fully saturated rings. The fraction of sp³-hybridized carbons (Fsp3) is 0.423. The molecule has 1 aromatic heterocycles. The molecule has 1 N–H and O–H groups in total. The van der Waals surface area contributed by atoms with E-state index in [9.17, 15) is 13.2 Å². The monoisotopic (exact) mass is 454 g/mol. The van der Waals surface area contributed by atoms with Crippen LogP contribution in [0.2, 0.25) is 0 Å². The van der Waals surface area contributed by atoms with Gasteiger partial charge in [-0.1, -0.05) is 48.9 Å². The Balaban J connectivity index is 1.59. The normalized spacial score (nSPS) is 19.5. The summed E-state index contributed by atoms with van der Waals surface area (Å²) in [7, 11) is 0. The number of aromatic nitrogens is 2. The highest BCUT2D eigenvalue weighted by atomic mass is 19.4. The van der Waals surface area contributed by atoms with Gasteiger partial charge >= 0.3 is 6.18 Å². The van der Waals surface area contributed by atoms with Gasteiger partial charge in [-0.05, 0) is 56.3 Å². The van der Waals surface area contributed by atoms with Crippen molar-refractivity contribution < 1.29 is 13.2 Å². The Morgan fingerprint density at radius 3 is 2.55 bits per heavy atom. The van der Waals surface area contributed by atoms with Gasteiger partial charge in [0, 0.05) is 18.7 Å². The van der Waals surface area contributed by atoms with Crippen molar-refractivity contribution in [1.82, 2.24) is 14.7 Å². The standard InChI is InChI=1S/C26H29F3N4/c27-26(28,29)21-13-4-5-14-22(21)33-25-20(12-6-8-16-30-25)24(31-33)23-15-7-9-17-32(23)18-19-10-2-1-3-11-19/h1-5,10-11,13-14,23,30H,6-9,12,15-18H2. The van der Waals surface area contributed by atoms with Crippen LogP contribution in [0.4, 0.5) is 19.0 Å².